The van der Waals surface area contributed by atoms with Gasteiger partial charge < -0.3 is 16.4 Å². The zero-order valence-corrected chi connectivity index (χ0v) is 17.9. The molecule has 1 aromatic carbocycles. The Morgan fingerprint density at radius 3 is 2.72 bits per heavy atom. The number of allylic oxidation sites excluding steroid dienone is 1. The molecule has 0 radical (unpaired) electrons. The van der Waals surface area contributed by atoms with Crippen LogP contribution in [0.2, 0.25) is 0 Å². The first-order valence-electron chi connectivity index (χ1n) is 9.77. The fourth-order valence-corrected chi connectivity index (χ4v) is 4.15. The molecular weight excluding hydrogens is 388 g/mol. The van der Waals surface area contributed by atoms with Gasteiger partial charge in [-0.25, -0.2) is 4.99 Å². The molecule has 0 saturated carbocycles. The molecule has 0 spiro atoms. The lowest BCUT2D eigenvalue weighted by molar-refractivity contribution is 0.0508. The quantitative estimate of drug-likeness (QED) is 0.444. The van der Waals surface area contributed by atoms with Crippen molar-refractivity contribution in [2.75, 3.05) is 26.0 Å². The van der Waals surface area contributed by atoms with Crippen LogP contribution in [-0.2, 0) is 20.7 Å². The maximum atomic E-state index is 11.6. The molecule has 1 saturated heterocycles. The first-order chi connectivity index (χ1) is 13.7. The fourth-order valence-electron chi connectivity index (χ4n) is 3.68. The number of likely N-dealkylation sites (tertiary alicyclic amines) is 1. The zero-order chi connectivity index (χ0) is 21.3. The van der Waals surface area contributed by atoms with Crippen LogP contribution in [0.3, 0.4) is 0 Å². The lowest BCUT2D eigenvalue weighted by Gasteiger charge is -2.43. The Bertz CT molecular complexity index is 837. The molecule has 8 heteroatoms. The normalized spacial score (nSPS) is 20.9. The molecule has 160 valence electrons. The summed E-state index contributed by atoms with van der Waals surface area (Å²) in [6, 6.07) is 10.3. The maximum absolute atomic E-state index is 11.6. The summed E-state index contributed by atoms with van der Waals surface area (Å²) in [6.45, 7) is 5.12. The number of hydrogen-bond donors (Lipinski definition) is 2. The molecule has 7 nitrogen and oxygen atoms in total. The topological polar surface area (TPSA) is 111 Å². The first kappa shape index (κ1) is 23.0. The maximum Gasteiger partial charge on any atom is 0.264 e. The molecule has 4 N–H and O–H groups in total. The van der Waals surface area contributed by atoms with E-state index in [0.29, 0.717) is 12.4 Å². The van der Waals surface area contributed by atoms with Gasteiger partial charge in [0.2, 0.25) is 0 Å². The largest absolute Gasteiger partial charge is 0.385 e. The highest BCUT2D eigenvalue weighted by molar-refractivity contribution is 7.85. The van der Waals surface area contributed by atoms with Gasteiger partial charge in [-0.3, -0.25) is 4.18 Å². The van der Waals surface area contributed by atoms with Crippen LogP contribution in [0.15, 0.2) is 59.6 Å². The molecular formula is C21H32N4O3S. The smallest absolute Gasteiger partial charge is 0.264 e. The number of piperidine rings is 1. The third kappa shape index (κ3) is 8.29. The van der Waals surface area contributed by atoms with Crippen LogP contribution < -0.4 is 11.5 Å². The summed E-state index contributed by atoms with van der Waals surface area (Å²) in [7, 11) is -3.51. The highest BCUT2D eigenvalue weighted by Gasteiger charge is 2.36. The first-order valence-corrected chi connectivity index (χ1v) is 11.6. The predicted molar refractivity (Wildman–Crippen MR) is 118 cm³/mol. The van der Waals surface area contributed by atoms with Crippen molar-refractivity contribution < 1.29 is 12.6 Å². The molecule has 1 aliphatic rings. The highest BCUT2D eigenvalue weighted by atomic mass is 32.2. The van der Waals surface area contributed by atoms with Gasteiger partial charge in [0.25, 0.3) is 10.1 Å². The van der Waals surface area contributed by atoms with Crippen molar-refractivity contribution in [1.82, 2.24) is 4.90 Å². The monoisotopic (exact) mass is 420 g/mol. The van der Waals surface area contributed by atoms with Gasteiger partial charge >= 0.3 is 0 Å². The molecule has 0 aromatic heterocycles. The second kappa shape index (κ2) is 10.5. The second-order valence-electron chi connectivity index (χ2n) is 7.69. The minimum absolute atomic E-state index is 0.165. The fraction of sp³-hybridized carbons (Fsp3) is 0.476. The minimum Gasteiger partial charge on any atom is -0.385 e. The van der Waals surface area contributed by atoms with Crippen molar-refractivity contribution in [2.24, 2.45) is 21.9 Å². The van der Waals surface area contributed by atoms with E-state index in [1.165, 1.54) is 11.8 Å². The van der Waals surface area contributed by atoms with Gasteiger partial charge in [-0.15, -0.1) is 0 Å². The lowest BCUT2D eigenvalue weighted by Crippen LogP contribution is -2.47. The van der Waals surface area contributed by atoms with Crippen LogP contribution in [0.1, 0.15) is 31.2 Å². The van der Waals surface area contributed by atoms with Gasteiger partial charge in [0.1, 0.15) is 11.6 Å². The van der Waals surface area contributed by atoms with E-state index >= 15 is 0 Å². The second-order valence-corrected chi connectivity index (χ2v) is 9.34. The number of aliphatic imine (C=N–C) groups is 1. The van der Waals surface area contributed by atoms with E-state index in [-0.39, 0.29) is 17.8 Å². The van der Waals surface area contributed by atoms with Crippen LogP contribution in [0, 0.1) is 5.41 Å². The molecule has 1 unspecified atom stereocenters. The Morgan fingerprint density at radius 1 is 1.34 bits per heavy atom. The molecule has 29 heavy (non-hydrogen) atoms. The third-order valence-corrected chi connectivity index (χ3v) is 5.65. The summed E-state index contributed by atoms with van der Waals surface area (Å²) < 4.78 is 28.5. The molecule has 1 heterocycles. The molecule has 1 atom stereocenters. The summed E-state index contributed by atoms with van der Waals surface area (Å²) in [4.78, 5) is 5.98. The van der Waals surface area contributed by atoms with Crippen molar-refractivity contribution in [3.8, 4) is 0 Å². The summed E-state index contributed by atoms with van der Waals surface area (Å²) in [5.74, 6) is 0.783. The standard InChI is InChI=1S/C21H32N4O3S/c1-18(22)24-14-11-20(23)25-15-7-13-21(16-25,17-28-29(2,26)27)12-6-10-19-8-4-3-5-9-19/h3-5,8-9,11,14H,1,6-7,10,12-13,15-17,22-23H2,2H3/b20-11+,24-14-. The Hall–Kier alpha value is -2.32. The van der Waals surface area contributed by atoms with Gasteiger partial charge in [0.15, 0.2) is 0 Å². The van der Waals surface area contributed by atoms with Crippen LogP contribution in [0.4, 0.5) is 0 Å². The average Bonchev–Trinajstić information content (AvgIpc) is 2.67. The van der Waals surface area contributed by atoms with Gasteiger partial charge in [-0.1, -0.05) is 36.9 Å². The van der Waals surface area contributed by atoms with Crippen molar-refractivity contribution in [2.45, 2.75) is 32.1 Å². The summed E-state index contributed by atoms with van der Waals surface area (Å²) in [5, 5.41) is 0. The number of nitrogens with zero attached hydrogens (tertiary/aromatic N) is 2. The average molecular weight is 421 g/mol. The zero-order valence-electron chi connectivity index (χ0n) is 17.1. The van der Waals surface area contributed by atoms with Crippen molar-refractivity contribution in [1.29, 1.82) is 0 Å². The van der Waals surface area contributed by atoms with Gasteiger partial charge in [0, 0.05) is 24.7 Å². The number of rotatable bonds is 10. The summed E-state index contributed by atoms with van der Waals surface area (Å²) in [6.07, 6.45) is 8.86. The molecule has 1 fully saturated rings. The number of hydrogen-bond acceptors (Lipinski definition) is 7. The third-order valence-electron chi connectivity index (χ3n) is 5.11. The van der Waals surface area contributed by atoms with E-state index in [9.17, 15) is 8.42 Å². The van der Waals surface area contributed by atoms with E-state index in [1.54, 1.807) is 6.08 Å². The number of benzene rings is 1. The molecule has 0 amide bonds. The van der Waals surface area contributed by atoms with Crippen LogP contribution in [-0.4, -0.2) is 45.5 Å². The van der Waals surface area contributed by atoms with Crippen LogP contribution in [0.5, 0.6) is 0 Å². The Morgan fingerprint density at radius 2 is 2.07 bits per heavy atom. The Balaban J connectivity index is 2.09. The van der Waals surface area contributed by atoms with E-state index in [2.05, 4.69) is 28.6 Å². The SMILES string of the molecule is C=C(N)/N=C\C=C(/N)N1CCCC(CCCc2ccccc2)(COS(C)(=O)=O)C1. The Labute approximate surface area is 174 Å². The summed E-state index contributed by atoms with van der Waals surface area (Å²) in [5.41, 5.74) is 12.7. The van der Waals surface area contributed by atoms with E-state index < -0.39 is 10.1 Å². The van der Waals surface area contributed by atoms with E-state index in [1.807, 2.05) is 18.2 Å². The molecule has 0 aliphatic carbocycles. The van der Waals surface area contributed by atoms with E-state index in [0.717, 1.165) is 44.9 Å². The van der Waals surface area contributed by atoms with Crippen LogP contribution >= 0.6 is 0 Å². The van der Waals surface area contributed by atoms with Gasteiger partial charge in [-0.2, -0.15) is 8.42 Å². The predicted octanol–water partition coefficient (Wildman–Crippen LogP) is 2.37. The lowest BCUT2D eigenvalue weighted by atomic mass is 9.76. The number of nitrogens with two attached hydrogens (primary N) is 2. The minimum atomic E-state index is -3.51. The summed E-state index contributed by atoms with van der Waals surface area (Å²) >= 11 is 0. The molecule has 2 rings (SSSR count). The molecule has 1 aromatic rings. The Kier molecular flexibility index (Phi) is 8.28. The van der Waals surface area contributed by atoms with Crippen molar-refractivity contribution in [3.63, 3.8) is 0 Å². The van der Waals surface area contributed by atoms with Crippen LogP contribution in [0.25, 0.3) is 0 Å². The van der Waals surface area contributed by atoms with E-state index in [4.69, 9.17) is 15.7 Å². The van der Waals surface area contributed by atoms with Crippen molar-refractivity contribution >= 4 is 16.3 Å². The van der Waals surface area contributed by atoms with Crippen molar-refractivity contribution in [3.05, 3.63) is 60.2 Å². The van der Waals surface area contributed by atoms with Gasteiger partial charge in [0.05, 0.1) is 12.9 Å². The molecule has 0 bridgehead atoms. The highest BCUT2D eigenvalue weighted by Crippen LogP contribution is 2.36. The molecule has 1 aliphatic heterocycles. The van der Waals surface area contributed by atoms with Gasteiger partial charge in [-0.05, 0) is 43.7 Å². The number of aryl methyl sites for hydroxylation is 1.